The number of guanidine groups is 1. The molecule has 150 valence electrons. The van der Waals surface area contributed by atoms with Crippen LogP contribution < -0.4 is 16.0 Å². The van der Waals surface area contributed by atoms with Gasteiger partial charge in [-0.15, -0.1) is 0 Å². The number of piperidine rings is 1. The van der Waals surface area contributed by atoms with Crippen LogP contribution in [0.3, 0.4) is 0 Å². The molecule has 1 aromatic carbocycles. The normalized spacial score (nSPS) is 15.4. The summed E-state index contributed by atoms with van der Waals surface area (Å²) in [4.78, 5) is 19.3. The lowest BCUT2D eigenvalue weighted by Gasteiger charge is -2.26. The van der Waals surface area contributed by atoms with Gasteiger partial charge in [0.05, 0.1) is 6.54 Å². The Balaban J connectivity index is 1.86. The molecule has 6 nitrogen and oxygen atoms in total. The number of rotatable bonds is 9. The van der Waals surface area contributed by atoms with E-state index < -0.39 is 0 Å². The van der Waals surface area contributed by atoms with Crippen LogP contribution in [0.2, 0.25) is 0 Å². The highest BCUT2D eigenvalue weighted by Crippen LogP contribution is 2.08. The van der Waals surface area contributed by atoms with Crippen molar-refractivity contribution in [3.8, 4) is 0 Å². The number of benzene rings is 1. The second kappa shape index (κ2) is 12.3. The lowest BCUT2D eigenvalue weighted by atomic mass is 10.1. The van der Waals surface area contributed by atoms with Crippen molar-refractivity contribution < 1.29 is 4.79 Å². The van der Waals surface area contributed by atoms with E-state index in [1.807, 2.05) is 31.2 Å². The van der Waals surface area contributed by atoms with Crippen molar-refractivity contribution in [2.24, 2.45) is 4.99 Å². The predicted molar refractivity (Wildman–Crippen MR) is 112 cm³/mol. The lowest BCUT2D eigenvalue weighted by molar-refractivity contribution is 0.0953. The Bertz CT molecular complexity index is 596. The van der Waals surface area contributed by atoms with Crippen LogP contribution in [0.5, 0.6) is 0 Å². The first-order chi connectivity index (χ1) is 13.2. The van der Waals surface area contributed by atoms with E-state index in [0.717, 1.165) is 37.6 Å². The maximum Gasteiger partial charge on any atom is 0.251 e. The lowest BCUT2D eigenvalue weighted by Crippen LogP contribution is -2.42. The van der Waals surface area contributed by atoms with Gasteiger partial charge < -0.3 is 20.9 Å². The van der Waals surface area contributed by atoms with E-state index in [1.54, 1.807) is 0 Å². The van der Waals surface area contributed by atoms with Crippen molar-refractivity contribution in [3.05, 3.63) is 35.4 Å². The standard InChI is InChI=1S/C21H35N5O/c1-3-11-23-20(27)19-10-8-9-18(16-19)17-25-21(22-4-2)24-12-15-26-13-6-5-7-14-26/h8-10,16H,3-7,11-15,17H2,1-2H3,(H,23,27)(H2,22,24,25). The Morgan fingerprint density at radius 1 is 1.07 bits per heavy atom. The molecule has 1 saturated heterocycles. The number of carbonyl (C=O) groups is 1. The minimum atomic E-state index is -0.0192. The fraction of sp³-hybridized carbons (Fsp3) is 0.619. The van der Waals surface area contributed by atoms with Gasteiger partial charge in [-0.25, -0.2) is 4.99 Å². The summed E-state index contributed by atoms with van der Waals surface area (Å²) in [6.07, 6.45) is 4.93. The predicted octanol–water partition coefficient (Wildman–Crippen LogP) is 2.37. The van der Waals surface area contributed by atoms with Crippen LogP contribution in [0.4, 0.5) is 0 Å². The van der Waals surface area contributed by atoms with Crippen LogP contribution in [-0.4, -0.2) is 56.0 Å². The summed E-state index contributed by atoms with van der Waals surface area (Å²) in [5.41, 5.74) is 1.73. The molecule has 0 aromatic heterocycles. The summed E-state index contributed by atoms with van der Waals surface area (Å²) in [5, 5.41) is 9.63. The number of hydrogen-bond acceptors (Lipinski definition) is 3. The molecule has 0 unspecified atom stereocenters. The van der Waals surface area contributed by atoms with Crippen LogP contribution in [0.15, 0.2) is 29.3 Å². The van der Waals surface area contributed by atoms with Gasteiger partial charge in [-0.1, -0.05) is 25.5 Å². The molecule has 0 saturated carbocycles. The van der Waals surface area contributed by atoms with E-state index >= 15 is 0 Å². The zero-order valence-electron chi connectivity index (χ0n) is 16.9. The smallest absolute Gasteiger partial charge is 0.251 e. The van der Waals surface area contributed by atoms with E-state index in [-0.39, 0.29) is 5.91 Å². The van der Waals surface area contributed by atoms with Gasteiger partial charge in [-0.3, -0.25) is 4.79 Å². The molecule has 2 rings (SSSR count). The zero-order valence-corrected chi connectivity index (χ0v) is 16.9. The third-order valence-corrected chi connectivity index (χ3v) is 4.66. The highest BCUT2D eigenvalue weighted by molar-refractivity contribution is 5.94. The van der Waals surface area contributed by atoms with Crippen molar-refractivity contribution in [2.45, 2.75) is 46.1 Å². The van der Waals surface area contributed by atoms with Crippen molar-refractivity contribution in [1.29, 1.82) is 0 Å². The average molecular weight is 374 g/mol. The minimum absolute atomic E-state index is 0.0192. The average Bonchev–Trinajstić information content (AvgIpc) is 2.71. The molecule has 0 spiro atoms. The molecular formula is C21H35N5O. The molecule has 1 heterocycles. The highest BCUT2D eigenvalue weighted by atomic mass is 16.1. The van der Waals surface area contributed by atoms with Crippen LogP contribution in [-0.2, 0) is 6.54 Å². The van der Waals surface area contributed by atoms with E-state index in [1.165, 1.54) is 32.4 Å². The van der Waals surface area contributed by atoms with Gasteiger partial charge in [0.1, 0.15) is 0 Å². The Morgan fingerprint density at radius 2 is 1.89 bits per heavy atom. The van der Waals surface area contributed by atoms with Crippen molar-refractivity contribution in [1.82, 2.24) is 20.9 Å². The van der Waals surface area contributed by atoms with Crippen LogP contribution in [0.1, 0.15) is 55.5 Å². The topological polar surface area (TPSA) is 68.8 Å². The van der Waals surface area contributed by atoms with Crippen molar-refractivity contribution in [2.75, 3.05) is 39.3 Å². The molecule has 27 heavy (non-hydrogen) atoms. The van der Waals surface area contributed by atoms with E-state index in [9.17, 15) is 4.79 Å². The first-order valence-electron chi connectivity index (χ1n) is 10.3. The van der Waals surface area contributed by atoms with E-state index in [0.29, 0.717) is 18.7 Å². The maximum atomic E-state index is 12.1. The molecule has 1 amide bonds. The maximum absolute atomic E-state index is 12.1. The summed E-state index contributed by atoms with van der Waals surface area (Å²) < 4.78 is 0. The van der Waals surface area contributed by atoms with Gasteiger partial charge in [0.2, 0.25) is 0 Å². The van der Waals surface area contributed by atoms with Gasteiger partial charge >= 0.3 is 0 Å². The van der Waals surface area contributed by atoms with Gasteiger partial charge in [-0.2, -0.15) is 0 Å². The van der Waals surface area contributed by atoms with Gasteiger partial charge in [0.15, 0.2) is 5.96 Å². The molecule has 1 aliphatic rings. The number of likely N-dealkylation sites (tertiary alicyclic amines) is 1. The van der Waals surface area contributed by atoms with Gasteiger partial charge in [0.25, 0.3) is 5.91 Å². The molecular weight excluding hydrogens is 338 g/mol. The summed E-state index contributed by atoms with van der Waals surface area (Å²) in [6, 6.07) is 7.70. The second-order valence-electron chi connectivity index (χ2n) is 6.98. The Morgan fingerprint density at radius 3 is 2.63 bits per heavy atom. The fourth-order valence-corrected chi connectivity index (χ4v) is 3.18. The number of nitrogens with one attached hydrogen (secondary N) is 3. The van der Waals surface area contributed by atoms with Gasteiger partial charge in [0, 0.05) is 31.7 Å². The minimum Gasteiger partial charge on any atom is -0.357 e. The van der Waals surface area contributed by atoms with Crippen molar-refractivity contribution >= 4 is 11.9 Å². The summed E-state index contributed by atoms with van der Waals surface area (Å²) in [6.45, 7) is 10.6. The number of aliphatic imine (C=N–C) groups is 1. The zero-order chi connectivity index (χ0) is 19.3. The van der Waals surface area contributed by atoms with Crippen LogP contribution in [0.25, 0.3) is 0 Å². The molecule has 0 bridgehead atoms. The molecule has 0 radical (unpaired) electrons. The highest BCUT2D eigenvalue weighted by Gasteiger charge is 2.09. The fourth-order valence-electron chi connectivity index (χ4n) is 3.18. The first-order valence-corrected chi connectivity index (χ1v) is 10.3. The summed E-state index contributed by atoms with van der Waals surface area (Å²) in [7, 11) is 0. The second-order valence-corrected chi connectivity index (χ2v) is 6.98. The Labute approximate surface area is 163 Å². The third-order valence-electron chi connectivity index (χ3n) is 4.66. The molecule has 3 N–H and O–H groups in total. The molecule has 1 aromatic rings. The molecule has 0 atom stereocenters. The van der Waals surface area contributed by atoms with Crippen LogP contribution >= 0.6 is 0 Å². The molecule has 0 aliphatic carbocycles. The molecule has 6 heteroatoms. The SMILES string of the molecule is CCCNC(=O)c1cccc(CN=C(NCC)NCCN2CCCCC2)c1. The first kappa shape index (κ1) is 21.2. The third kappa shape index (κ3) is 7.99. The molecule has 1 fully saturated rings. The number of nitrogens with zero attached hydrogens (tertiary/aromatic N) is 2. The Hall–Kier alpha value is -2.08. The number of carbonyl (C=O) groups excluding carboxylic acids is 1. The quantitative estimate of drug-likeness (QED) is 0.459. The van der Waals surface area contributed by atoms with E-state index in [4.69, 9.17) is 0 Å². The number of amides is 1. The largest absolute Gasteiger partial charge is 0.357 e. The van der Waals surface area contributed by atoms with Crippen molar-refractivity contribution in [3.63, 3.8) is 0 Å². The summed E-state index contributed by atoms with van der Waals surface area (Å²) in [5.74, 6) is 0.810. The van der Waals surface area contributed by atoms with Gasteiger partial charge in [-0.05, 0) is 57.0 Å². The summed E-state index contributed by atoms with van der Waals surface area (Å²) >= 11 is 0. The Kier molecular flexibility index (Phi) is 9.69. The number of hydrogen-bond donors (Lipinski definition) is 3. The molecule has 1 aliphatic heterocycles. The van der Waals surface area contributed by atoms with Crippen LogP contribution in [0, 0.1) is 0 Å². The van der Waals surface area contributed by atoms with E-state index in [2.05, 4.69) is 32.8 Å². The monoisotopic (exact) mass is 373 g/mol.